The first-order valence-electron chi connectivity index (χ1n) is 12.7. The molecule has 2 aromatic heterocycles. The van der Waals surface area contributed by atoms with Gasteiger partial charge in [-0.15, -0.1) is 0 Å². The van der Waals surface area contributed by atoms with Crippen LogP contribution in [0.25, 0.3) is 5.69 Å². The first kappa shape index (κ1) is 29.1. The highest BCUT2D eigenvalue weighted by atomic mass is 19.1. The summed E-state index contributed by atoms with van der Waals surface area (Å²) < 4.78 is 55.3. The molecule has 2 aromatic carbocycles. The highest BCUT2D eigenvalue weighted by Crippen LogP contribution is 2.30. The number of carbonyl (C=O) groups excluding carboxylic acids is 2. The number of nitrogens with one attached hydrogen (secondary N) is 1. The Labute approximate surface area is 233 Å². The fraction of sp³-hybridized carbons (Fsp3) is 0.200. The number of Topliss-reactive ketones (excluding diaryl/α,β-unsaturated/α-hetero) is 1. The Morgan fingerprint density at radius 1 is 0.976 bits per heavy atom. The molecular weight excluding hydrogens is 539 g/mol. The molecule has 0 bridgehead atoms. The van der Waals surface area contributed by atoms with Crippen LogP contribution in [0.2, 0.25) is 0 Å². The third-order valence-electron chi connectivity index (χ3n) is 5.97. The zero-order chi connectivity index (χ0) is 29.7. The summed E-state index contributed by atoms with van der Waals surface area (Å²) in [6.45, 7) is 5.29. The van der Waals surface area contributed by atoms with Gasteiger partial charge in [0.25, 0.3) is 11.5 Å². The standard InChI is InChI=1S/C30H26F3N3O5/c1-4-40-26-10-12-36(20-7-5-18(31)6-8-20)30(39)28(26)29(38)35-24-15-23(33)27(16-22(24)32)41-21-9-11-34-19(13-21)14-25(37)17(2)3/h5-13,15-17H,4,14H2,1-3H3,(H,35,38). The molecule has 0 atom stereocenters. The van der Waals surface area contributed by atoms with Crippen LogP contribution >= 0.6 is 0 Å². The minimum absolute atomic E-state index is 0.0395. The second-order valence-electron chi connectivity index (χ2n) is 9.24. The Bertz CT molecular complexity index is 1650. The van der Waals surface area contributed by atoms with Crippen LogP contribution in [-0.2, 0) is 11.2 Å². The molecule has 0 radical (unpaired) electrons. The number of carbonyl (C=O) groups is 2. The topological polar surface area (TPSA) is 99.5 Å². The van der Waals surface area contributed by atoms with Gasteiger partial charge in [0.05, 0.1) is 18.0 Å². The number of aromatic nitrogens is 2. The third-order valence-corrected chi connectivity index (χ3v) is 5.97. The molecule has 2 heterocycles. The van der Waals surface area contributed by atoms with Crippen molar-refractivity contribution in [3.63, 3.8) is 0 Å². The van der Waals surface area contributed by atoms with Crippen molar-refractivity contribution >= 4 is 17.4 Å². The second-order valence-corrected chi connectivity index (χ2v) is 9.24. The Morgan fingerprint density at radius 3 is 2.39 bits per heavy atom. The lowest BCUT2D eigenvalue weighted by Crippen LogP contribution is -2.29. The molecule has 1 amide bonds. The Balaban J connectivity index is 1.60. The fourth-order valence-electron chi connectivity index (χ4n) is 3.82. The van der Waals surface area contributed by atoms with E-state index in [2.05, 4.69) is 10.3 Å². The summed E-state index contributed by atoms with van der Waals surface area (Å²) in [4.78, 5) is 42.5. The van der Waals surface area contributed by atoms with Crippen LogP contribution in [-0.4, -0.2) is 27.8 Å². The van der Waals surface area contributed by atoms with E-state index in [1.165, 1.54) is 42.7 Å². The number of halogens is 3. The molecule has 11 heteroatoms. The summed E-state index contributed by atoms with van der Waals surface area (Å²) in [5, 5.41) is 2.22. The van der Waals surface area contributed by atoms with E-state index in [1.54, 1.807) is 20.8 Å². The van der Waals surface area contributed by atoms with Gasteiger partial charge in [0.15, 0.2) is 17.4 Å². The lowest BCUT2D eigenvalue weighted by Gasteiger charge is -2.14. The maximum Gasteiger partial charge on any atom is 0.271 e. The zero-order valence-electron chi connectivity index (χ0n) is 22.4. The molecule has 4 rings (SSSR count). The molecule has 0 unspecified atom stereocenters. The van der Waals surface area contributed by atoms with Crippen molar-refractivity contribution in [2.75, 3.05) is 11.9 Å². The summed E-state index contributed by atoms with van der Waals surface area (Å²) in [5.41, 5.74) is -1.13. The maximum absolute atomic E-state index is 15.0. The normalized spacial score (nSPS) is 10.9. The van der Waals surface area contributed by atoms with E-state index >= 15 is 4.39 Å². The first-order chi connectivity index (χ1) is 19.6. The SMILES string of the molecule is CCOc1ccn(-c2ccc(F)cc2)c(=O)c1C(=O)Nc1cc(F)c(Oc2ccnc(CC(=O)C(C)C)c2)cc1F. The summed E-state index contributed by atoms with van der Waals surface area (Å²) >= 11 is 0. The van der Waals surface area contributed by atoms with Crippen LogP contribution in [0.1, 0.15) is 36.8 Å². The van der Waals surface area contributed by atoms with E-state index in [4.69, 9.17) is 9.47 Å². The van der Waals surface area contributed by atoms with Crippen molar-refractivity contribution in [3.05, 3.63) is 106 Å². The van der Waals surface area contributed by atoms with E-state index in [0.717, 1.165) is 28.8 Å². The van der Waals surface area contributed by atoms with Crippen molar-refractivity contribution in [1.82, 2.24) is 9.55 Å². The lowest BCUT2D eigenvalue weighted by atomic mass is 10.0. The molecule has 0 aliphatic heterocycles. The zero-order valence-corrected chi connectivity index (χ0v) is 22.4. The van der Waals surface area contributed by atoms with Crippen LogP contribution < -0.4 is 20.3 Å². The number of amides is 1. The number of nitrogens with zero attached hydrogens (tertiary/aromatic N) is 2. The van der Waals surface area contributed by atoms with E-state index in [9.17, 15) is 23.2 Å². The predicted molar refractivity (Wildman–Crippen MR) is 145 cm³/mol. The van der Waals surface area contributed by atoms with Crippen molar-refractivity contribution in [2.45, 2.75) is 27.2 Å². The van der Waals surface area contributed by atoms with Crippen molar-refractivity contribution in [1.29, 1.82) is 0 Å². The monoisotopic (exact) mass is 565 g/mol. The van der Waals surface area contributed by atoms with Crippen LogP contribution in [0, 0.1) is 23.4 Å². The lowest BCUT2D eigenvalue weighted by molar-refractivity contribution is -0.121. The van der Waals surface area contributed by atoms with Gasteiger partial charge in [-0.1, -0.05) is 13.8 Å². The molecule has 8 nitrogen and oxygen atoms in total. The van der Waals surface area contributed by atoms with E-state index in [-0.39, 0.29) is 41.9 Å². The average Bonchev–Trinajstić information content (AvgIpc) is 2.92. The summed E-state index contributed by atoms with van der Waals surface area (Å²) in [5.74, 6) is -4.23. The molecule has 0 aliphatic carbocycles. The molecule has 0 fully saturated rings. The molecule has 0 aliphatic rings. The Morgan fingerprint density at radius 2 is 1.71 bits per heavy atom. The molecule has 1 N–H and O–H groups in total. The second kappa shape index (κ2) is 12.5. The molecule has 0 spiro atoms. The number of hydrogen-bond acceptors (Lipinski definition) is 6. The number of rotatable bonds is 10. The smallest absolute Gasteiger partial charge is 0.271 e. The summed E-state index contributed by atoms with van der Waals surface area (Å²) in [7, 11) is 0. The fourth-order valence-corrected chi connectivity index (χ4v) is 3.82. The summed E-state index contributed by atoms with van der Waals surface area (Å²) in [6, 6.07) is 10.7. The average molecular weight is 566 g/mol. The molecular formula is C30H26F3N3O5. The van der Waals surface area contributed by atoms with E-state index in [0.29, 0.717) is 5.69 Å². The van der Waals surface area contributed by atoms with Gasteiger partial charge in [-0.25, -0.2) is 13.2 Å². The molecule has 212 valence electrons. The third kappa shape index (κ3) is 6.81. The Kier molecular flexibility index (Phi) is 8.86. The minimum atomic E-state index is -1.05. The Hall–Kier alpha value is -4.93. The number of ether oxygens (including phenoxy) is 2. The number of ketones is 1. The van der Waals surface area contributed by atoms with E-state index < -0.39 is 45.9 Å². The van der Waals surface area contributed by atoms with Crippen LogP contribution in [0.15, 0.2) is 71.8 Å². The van der Waals surface area contributed by atoms with Gasteiger partial charge < -0.3 is 14.8 Å². The molecule has 41 heavy (non-hydrogen) atoms. The number of benzene rings is 2. The minimum Gasteiger partial charge on any atom is -0.493 e. The van der Waals surface area contributed by atoms with Crippen LogP contribution in [0.3, 0.4) is 0 Å². The van der Waals surface area contributed by atoms with Crippen molar-refractivity contribution < 1.29 is 32.2 Å². The van der Waals surface area contributed by atoms with Gasteiger partial charge in [-0.3, -0.25) is 23.9 Å². The quantitative estimate of drug-likeness (QED) is 0.259. The molecule has 0 saturated heterocycles. The van der Waals surface area contributed by atoms with Gasteiger partial charge >= 0.3 is 0 Å². The van der Waals surface area contributed by atoms with Gasteiger partial charge in [0.1, 0.15) is 28.7 Å². The van der Waals surface area contributed by atoms with Gasteiger partial charge in [0, 0.05) is 48.6 Å². The highest BCUT2D eigenvalue weighted by Gasteiger charge is 2.22. The van der Waals surface area contributed by atoms with Crippen molar-refractivity contribution in [3.8, 4) is 22.9 Å². The molecule has 0 saturated carbocycles. The predicted octanol–water partition coefficient (Wildman–Crippen LogP) is 5.86. The highest BCUT2D eigenvalue weighted by molar-refractivity contribution is 6.06. The van der Waals surface area contributed by atoms with Crippen LogP contribution in [0.4, 0.5) is 18.9 Å². The largest absolute Gasteiger partial charge is 0.493 e. The van der Waals surface area contributed by atoms with Gasteiger partial charge in [-0.05, 0) is 43.3 Å². The number of anilines is 1. The number of hydrogen-bond donors (Lipinski definition) is 1. The van der Waals surface area contributed by atoms with Gasteiger partial charge in [0.2, 0.25) is 0 Å². The molecule has 4 aromatic rings. The van der Waals surface area contributed by atoms with Gasteiger partial charge in [-0.2, -0.15) is 0 Å². The maximum atomic E-state index is 15.0. The van der Waals surface area contributed by atoms with Crippen molar-refractivity contribution in [2.24, 2.45) is 5.92 Å². The number of pyridine rings is 2. The van der Waals surface area contributed by atoms with Crippen LogP contribution in [0.5, 0.6) is 17.2 Å². The summed E-state index contributed by atoms with van der Waals surface area (Å²) in [6.07, 6.45) is 2.80. The van der Waals surface area contributed by atoms with E-state index in [1.807, 2.05) is 0 Å². The first-order valence-corrected chi connectivity index (χ1v) is 12.7.